The number of amides is 1. The van der Waals surface area contributed by atoms with Crippen molar-refractivity contribution >= 4 is 5.91 Å². The molecule has 1 N–H and O–H groups in total. The average Bonchev–Trinajstić information content (AvgIpc) is 2.52. The van der Waals surface area contributed by atoms with Crippen LogP contribution in [0, 0.1) is 16.7 Å². The quantitative estimate of drug-likeness (QED) is 0.744. The van der Waals surface area contributed by atoms with Crippen LogP contribution in [0.15, 0.2) is 0 Å². The Morgan fingerprint density at radius 2 is 1.90 bits per heavy atom. The van der Waals surface area contributed by atoms with E-state index in [0.717, 1.165) is 25.7 Å². The first-order valence-electron chi connectivity index (χ1n) is 8.06. The second-order valence-corrected chi connectivity index (χ2v) is 5.78. The molecule has 0 bridgehead atoms. The van der Waals surface area contributed by atoms with Gasteiger partial charge in [0.2, 0.25) is 5.91 Å². The molecule has 1 aliphatic heterocycles. The first-order valence-corrected chi connectivity index (χ1v) is 8.06. The Kier molecular flexibility index (Phi) is 7.69. The zero-order valence-electron chi connectivity index (χ0n) is 13.3. The minimum atomic E-state index is -0.845. The van der Waals surface area contributed by atoms with Crippen LogP contribution >= 0.6 is 0 Å². The maximum atomic E-state index is 12.8. The fourth-order valence-corrected chi connectivity index (χ4v) is 3.10. The molecule has 0 atom stereocenters. The van der Waals surface area contributed by atoms with Gasteiger partial charge in [0, 0.05) is 13.1 Å². The number of ether oxygens (including phenoxy) is 1. The molecule has 0 radical (unpaired) electrons. The second kappa shape index (κ2) is 9.01. The molecule has 0 aromatic carbocycles. The molecular formula is C16H28N2O3. The van der Waals surface area contributed by atoms with E-state index in [1.165, 1.54) is 0 Å². The van der Waals surface area contributed by atoms with Crippen LogP contribution in [0.25, 0.3) is 0 Å². The zero-order valence-corrected chi connectivity index (χ0v) is 13.3. The molecule has 0 aromatic heterocycles. The lowest BCUT2D eigenvalue weighted by Gasteiger charge is -2.37. The standard InChI is InChI=1S/C16H28N2O3/c1-3-7-16(13-17,8-4-2)15(20)18-9-5-14(6-10-18)21-12-11-19/h14,19H,3-12H2,1-2H3. The van der Waals surface area contributed by atoms with Crippen LogP contribution in [0.2, 0.25) is 0 Å². The van der Waals surface area contributed by atoms with Gasteiger partial charge in [-0.25, -0.2) is 0 Å². The van der Waals surface area contributed by atoms with E-state index < -0.39 is 5.41 Å². The van der Waals surface area contributed by atoms with Gasteiger partial charge in [0.15, 0.2) is 0 Å². The molecule has 0 unspecified atom stereocenters. The van der Waals surface area contributed by atoms with Crippen molar-refractivity contribution in [3.05, 3.63) is 0 Å². The number of nitrogens with zero attached hydrogens (tertiary/aromatic N) is 2. The molecule has 1 aliphatic rings. The van der Waals surface area contributed by atoms with Gasteiger partial charge in [0.1, 0.15) is 5.41 Å². The van der Waals surface area contributed by atoms with Crippen LogP contribution in [0.5, 0.6) is 0 Å². The van der Waals surface area contributed by atoms with Crippen LogP contribution < -0.4 is 0 Å². The van der Waals surface area contributed by atoms with E-state index in [9.17, 15) is 10.1 Å². The van der Waals surface area contributed by atoms with Gasteiger partial charge >= 0.3 is 0 Å². The SMILES string of the molecule is CCCC(C#N)(CCC)C(=O)N1CCC(OCCO)CC1. The second-order valence-electron chi connectivity index (χ2n) is 5.78. The number of piperidine rings is 1. The molecule has 5 heteroatoms. The molecule has 0 aromatic rings. The smallest absolute Gasteiger partial charge is 0.243 e. The lowest BCUT2D eigenvalue weighted by atomic mass is 9.79. The summed E-state index contributed by atoms with van der Waals surface area (Å²) in [5.41, 5.74) is -0.845. The monoisotopic (exact) mass is 296 g/mol. The third-order valence-corrected chi connectivity index (χ3v) is 4.15. The molecule has 1 rings (SSSR count). The van der Waals surface area contributed by atoms with E-state index in [0.29, 0.717) is 32.5 Å². The predicted octanol–water partition coefficient (Wildman–Crippen LogP) is 2.10. The predicted molar refractivity (Wildman–Crippen MR) is 80.5 cm³/mol. The van der Waals surface area contributed by atoms with Gasteiger partial charge < -0.3 is 14.7 Å². The van der Waals surface area contributed by atoms with E-state index in [4.69, 9.17) is 9.84 Å². The fourth-order valence-electron chi connectivity index (χ4n) is 3.10. The molecule has 1 saturated heterocycles. The lowest BCUT2D eigenvalue weighted by molar-refractivity contribution is -0.142. The topological polar surface area (TPSA) is 73.6 Å². The molecule has 120 valence electrons. The molecular weight excluding hydrogens is 268 g/mol. The maximum Gasteiger partial charge on any atom is 0.243 e. The Balaban J connectivity index is 2.63. The van der Waals surface area contributed by atoms with Gasteiger partial charge in [0.25, 0.3) is 0 Å². The summed E-state index contributed by atoms with van der Waals surface area (Å²) < 4.78 is 5.51. The molecule has 0 spiro atoms. The first kappa shape index (κ1) is 17.9. The Labute approximate surface area is 127 Å². The van der Waals surface area contributed by atoms with Crippen LogP contribution in [0.3, 0.4) is 0 Å². The lowest BCUT2D eigenvalue weighted by Crippen LogP contribution is -2.48. The van der Waals surface area contributed by atoms with E-state index in [-0.39, 0.29) is 18.6 Å². The highest BCUT2D eigenvalue weighted by atomic mass is 16.5. The number of rotatable bonds is 8. The Morgan fingerprint density at radius 3 is 2.33 bits per heavy atom. The summed E-state index contributed by atoms with van der Waals surface area (Å²) in [4.78, 5) is 14.6. The van der Waals surface area contributed by atoms with E-state index >= 15 is 0 Å². The molecule has 5 nitrogen and oxygen atoms in total. The van der Waals surface area contributed by atoms with E-state index in [1.54, 1.807) is 0 Å². The summed E-state index contributed by atoms with van der Waals surface area (Å²) in [6.07, 6.45) is 4.64. The van der Waals surface area contributed by atoms with Crippen LogP contribution in [0.1, 0.15) is 52.4 Å². The number of aliphatic hydroxyl groups excluding tert-OH is 1. The zero-order chi connectivity index (χ0) is 15.7. The summed E-state index contributed by atoms with van der Waals surface area (Å²) in [6, 6.07) is 2.30. The molecule has 1 fully saturated rings. The summed E-state index contributed by atoms with van der Waals surface area (Å²) in [6.45, 7) is 5.71. The number of hydrogen-bond donors (Lipinski definition) is 1. The van der Waals surface area contributed by atoms with Crippen molar-refractivity contribution in [3.8, 4) is 6.07 Å². The van der Waals surface area contributed by atoms with Crippen LogP contribution in [-0.4, -0.2) is 48.3 Å². The summed E-state index contributed by atoms with van der Waals surface area (Å²) >= 11 is 0. The minimum absolute atomic E-state index is 0.00527. The summed E-state index contributed by atoms with van der Waals surface area (Å²) in [5, 5.41) is 18.3. The summed E-state index contributed by atoms with van der Waals surface area (Å²) in [5.74, 6) is -0.00527. The number of carbonyl (C=O) groups excluding carboxylic acids is 1. The molecule has 21 heavy (non-hydrogen) atoms. The van der Waals surface area contributed by atoms with Gasteiger partial charge in [-0.3, -0.25) is 4.79 Å². The number of carbonyl (C=O) groups is 1. The third kappa shape index (κ3) is 4.69. The summed E-state index contributed by atoms with van der Waals surface area (Å²) in [7, 11) is 0. The van der Waals surface area contributed by atoms with Crippen molar-refractivity contribution in [2.75, 3.05) is 26.3 Å². The molecule has 0 saturated carbocycles. The fraction of sp³-hybridized carbons (Fsp3) is 0.875. The Hall–Kier alpha value is -1.12. The van der Waals surface area contributed by atoms with Crippen molar-refractivity contribution in [3.63, 3.8) is 0 Å². The third-order valence-electron chi connectivity index (χ3n) is 4.15. The highest BCUT2D eigenvalue weighted by Crippen LogP contribution is 2.32. The largest absolute Gasteiger partial charge is 0.394 e. The van der Waals surface area contributed by atoms with Crippen LogP contribution in [0.4, 0.5) is 0 Å². The number of likely N-dealkylation sites (tertiary alicyclic amines) is 1. The van der Waals surface area contributed by atoms with Crippen molar-refractivity contribution in [2.24, 2.45) is 5.41 Å². The van der Waals surface area contributed by atoms with Crippen molar-refractivity contribution in [1.82, 2.24) is 4.90 Å². The van der Waals surface area contributed by atoms with Gasteiger partial charge in [0.05, 0.1) is 25.4 Å². The minimum Gasteiger partial charge on any atom is -0.394 e. The number of hydrogen-bond acceptors (Lipinski definition) is 4. The Morgan fingerprint density at radius 1 is 1.33 bits per heavy atom. The van der Waals surface area contributed by atoms with E-state index in [2.05, 4.69) is 6.07 Å². The molecule has 1 amide bonds. The Bertz CT molecular complexity index is 351. The van der Waals surface area contributed by atoms with Gasteiger partial charge in [-0.1, -0.05) is 26.7 Å². The molecule has 0 aliphatic carbocycles. The van der Waals surface area contributed by atoms with Crippen LogP contribution in [-0.2, 0) is 9.53 Å². The first-order chi connectivity index (χ1) is 10.1. The van der Waals surface area contributed by atoms with Gasteiger partial charge in [-0.05, 0) is 25.7 Å². The van der Waals surface area contributed by atoms with E-state index in [1.807, 2.05) is 18.7 Å². The van der Waals surface area contributed by atoms with Crippen molar-refractivity contribution in [2.45, 2.75) is 58.5 Å². The van der Waals surface area contributed by atoms with Crippen molar-refractivity contribution in [1.29, 1.82) is 5.26 Å². The highest BCUT2D eigenvalue weighted by molar-refractivity contribution is 5.85. The highest BCUT2D eigenvalue weighted by Gasteiger charge is 2.41. The normalized spacial score (nSPS) is 16.8. The number of aliphatic hydroxyl groups is 1. The average molecular weight is 296 g/mol. The maximum absolute atomic E-state index is 12.8. The number of nitriles is 1. The molecule has 1 heterocycles. The van der Waals surface area contributed by atoms with Crippen molar-refractivity contribution < 1.29 is 14.6 Å². The van der Waals surface area contributed by atoms with Gasteiger partial charge in [-0.2, -0.15) is 5.26 Å². The van der Waals surface area contributed by atoms with Gasteiger partial charge in [-0.15, -0.1) is 0 Å².